The van der Waals surface area contributed by atoms with Crippen LogP contribution in [-0.4, -0.2) is 19.0 Å². The van der Waals surface area contributed by atoms with Gasteiger partial charge >= 0.3 is 6.03 Å². The van der Waals surface area contributed by atoms with Crippen molar-refractivity contribution in [3.05, 3.63) is 107 Å². The van der Waals surface area contributed by atoms with Crippen LogP contribution in [0.15, 0.2) is 84.9 Å². The Labute approximate surface area is 171 Å². The zero-order valence-electron chi connectivity index (χ0n) is 16.6. The molecule has 0 saturated carbocycles. The van der Waals surface area contributed by atoms with Gasteiger partial charge in [-0.05, 0) is 6.92 Å². The monoisotopic (exact) mass is 388 g/mol. The van der Waals surface area contributed by atoms with Crippen LogP contribution in [-0.2, 0) is 4.79 Å². The number of carbonyl (C=O) groups excluding carboxylic acids is 2. The molecule has 5 heteroatoms. The van der Waals surface area contributed by atoms with E-state index in [1.165, 1.54) is 12.6 Å². The van der Waals surface area contributed by atoms with Gasteiger partial charge in [0.1, 0.15) is 6.04 Å². The first kappa shape index (κ1) is 20.3. The second kappa shape index (κ2) is 9.66. The Morgan fingerprint density at radius 3 is 1.83 bits per heavy atom. The Bertz CT molecular complexity index is 941. The van der Waals surface area contributed by atoms with E-state index in [-0.39, 0.29) is 11.9 Å². The van der Waals surface area contributed by atoms with E-state index >= 15 is 0 Å². The smallest absolute Gasteiger partial charge is 0.321 e. The number of aryl methyl sites for hydroxylation is 1. The molecule has 4 N–H and O–H groups in total. The van der Waals surface area contributed by atoms with Gasteiger partial charge in [0, 0.05) is 23.7 Å². The SMILES string of the molecule is CNC(=O)NC(=O)[C@@H]([NH2+][C@@H](c1ccccc1)c1ccc(C)cc1)c1ccccc1. The van der Waals surface area contributed by atoms with Crippen LogP contribution in [0.1, 0.15) is 34.3 Å². The first-order valence-electron chi connectivity index (χ1n) is 9.62. The van der Waals surface area contributed by atoms with E-state index < -0.39 is 12.1 Å². The normalized spacial score (nSPS) is 12.6. The molecule has 5 nitrogen and oxygen atoms in total. The lowest BCUT2D eigenvalue weighted by molar-refractivity contribution is -0.713. The molecule has 3 amide bonds. The van der Waals surface area contributed by atoms with Crippen molar-refractivity contribution in [2.45, 2.75) is 19.0 Å². The first-order chi connectivity index (χ1) is 14.1. The predicted molar refractivity (Wildman–Crippen MR) is 113 cm³/mol. The molecular weight excluding hydrogens is 362 g/mol. The minimum atomic E-state index is -0.583. The molecule has 0 radical (unpaired) electrons. The van der Waals surface area contributed by atoms with Crippen LogP contribution in [0.3, 0.4) is 0 Å². The van der Waals surface area contributed by atoms with Crippen LogP contribution in [0.4, 0.5) is 4.79 Å². The standard InChI is InChI=1S/C24H25N3O2/c1-17-13-15-20(16-14-17)21(18-9-5-3-6-10-18)26-22(19-11-7-4-8-12-19)23(28)27-24(29)25-2/h3-16,21-22,26H,1-2H3,(H2,25,27,28,29)/p+1/t21-,22-/m0/s1. The van der Waals surface area contributed by atoms with Crippen molar-refractivity contribution < 1.29 is 14.9 Å². The fraction of sp³-hybridized carbons (Fsp3) is 0.167. The molecule has 0 aromatic heterocycles. The highest BCUT2D eigenvalue weighted by atomic mass is 16.2. The molecule has 3 aromatic rings. The summed E-state index contributed by atoms with van der Waals surface area (Å²) in [4.78, 5) is 24.7. The third-order valence-corrected chi connectivity index (χ3v) is 4.89. The van der Waals surface area contributed by atoms with Gasteiger partial charge in [-0.25, -0.2) is 4.79 Å². The van der Waals surface area contributed by atoms with Crippen LogP contribution >= 0.6 is 0 Å². The molecule has 0 aliphatic carbocycles. The average Bonchev–Trinajstić information content (AvgIpc) is 2.76. The fourth-order valence-electron chi connectivity index (χ4n) is 3.30. The van der Waals surface area contributed by atoms with Gasteiger partial charge in [0.25, 0.3) is 5.91 Å². The third kappa shape index (κ3) is 5.30. The summed E-state index contributed by atoms with van der Waals surface area (Å²) in [5, 5.41) is 6.87. The van der Waals surface area contributed by atoms with Crippen molar-refractivity contribution in [2.75, 3.05) is 7.05 Å². The molecule has 0 spiro atoms. The molecule has 29 heavy (non-hydrogen) atoms. The van der Waals surface area contributed by atoms with Gasteiger partial charge in [-0.2, -0.15) is 0 Å². The summed E-state index contributed by atoms with van der Waals surface area (Å²) in [7, 11) is 1.49. The van der Waals surface area contributed by atoms with E-state index in [4.69, 9.17) is 0 Å². The van der Waals surface area contributed by atoms with Crippen LogP contribution in [0, 0.1) is 6.92 Å². The fourth-order valence-corrected chi connectivity index (χ4v) is 3.30. The van der Waals surface area contributed by atoms with Gasteiger partial charge in [-0.15, -0.1) is 0 Å². The molecule has 3 rings (SSSR count). The Morgan fingerprint density at radius 2 is 1.28 bits per heavy atom. The summed E-state index contributed by atoms with van der Waals surface area (Å²) < 4.78 is 0. The van der Waals surface area contributed by atoms with Crippen LogP contribution in [0.25, 0.3) is 0 Å². The molecular formula is C24H26N3O2+. The topological polar surface area (TPSA) is 74.8 Å². The number of hydrogen-bond acceptors (Lipinski definition) is 2. The Morgan fingerprint density at radius 1 is 0.759 bits per heavy atom. The lowest BCUT2D eigenvalue weighted by atomic mass is 9.95. The number of carbonyl (C=O) groups is 2. The highest BCUT2D eigenvalue weighted by Gasteiger charge is 2.30. The van der Waals surface area contributed by atoms with Crippen molar-refractivity contribution in [1.29, 1.82) is 0 Å². The lowest BCUT2D eigenvalue weighted by Crippen LogP contribution is -2.88. The average molecular weight is 388 g/mol. The molecule has 0 bridgehead atoms. The van der Waals surface area contributed by atoms with Crippen molar-refractivity contribution >= 4 is 11.9 Å². The Kier molecular flexibility index (Phi) is 6.76. The molecule has 148 valence electrons. The van der Waals surface area contributed by atoms with E-state index in [0.29, 0.717) is 0 Å². The van der Waals surface area contributed by atoms with E-state index in [0.717, 1.165) is 16.7 Å². The largest absolute Gasteiger partial charge is 0.341 e. The van der Waals surface area contributed by atoms with Gasteiger partial charge in [0.15, 0.2) is 6.04 Å². The number of hydrogen-bond donors (Lipinski definition) is 3. The van der Waals surface area contributed by atoms with Gasteiger partial charge in [0.05, 0.1) is 0 Å². The van der Waals surface area contributed by atoms with Gasteiger partial charge in [0.2, 0.25) is 0 Å². The minimum absolute atomic E-state index is 0.0996. The van der Waals surface area contributed by atoms with Gasteiger partial charge in [-0.1, -0.05) is 90.5 Å². The molecule has 0 heterocycles. The van der Waals surface area contributed by atoms with Crippen LogP contribution in [0.2, 0.25) is 0 Å². The molecule has 0 aliphatic heterocycles. The molecule has 0 saturated heterocycles. The maximum atomic E-state index is 13.0. The quantitative estimate of drug-likeness (QED) is 0.607. The third-order valence-electron chi connectivity index (χ3n) is 4.89. The van der Waals surface area contributed by atoms with Crippen molar-refractivity contribution in [3.63, 3.8) is 0 Å². The summed E-state index contributed by atoms with van der Waals surface area (Å²) in [5.74, 6) is -0.358. The highest BCUT2D eigenvalue weighted by molar-refractivity contribution is 5.96. The second-order valence-corrected chi connectivity index (χ2v) is 6.95. The van der Waals surface area contributed by atoms with E-state index in [2.05, 4.69) is 54.0 Å². The maximum Gasteiger partial charge on any atom is 0.321 e. The zero-order valence-corrected chi connectivity index (χ0v) is 16.6. The number of quaternary nitrogens is 1. The minimum Gasteiger partial charge on any atom is -0.341 e. The maximum absolute atomic E-state index is 13.0. The molecule has 0 fully saturated rings. The summed E-state index contributed by atoms with van der Waals surface area (Å²) in [6.07, 6.45) is 0. The van der Waals surface area contributed by atoms with Gasteiger partial charge in [-0.3, -0.25) is 10.1 Å². The molecule has 2 atom stereocenters. The Balaban J connectivity index is 1.99. The van der Waals surface area contributed by atoms with Crippen molar-refractivity contribution in [2.24, 2.45) is 0 Å². The first-order valence-corrected chi connectivity index (χ1v) is 9.62. The predicted octanol–water partition coefficient (Wildman–Crippen LogP) is 2.84. The number of benzene rings is 3. The molecule has 3 aromatic carbocycles. The summed E-state index contributed by atoms with van der Waals surface area (Å²) in [6.45, 7) is 2.05. The highest BCUT2D eigenvalue weighted by Crippen LogP contribution is 2.21. The van der Waals surface area contributed by atoms with Crippen LogP contribution < -0.4 is 16.0 Å². The number of rotatable bonds is 6. The van der Waals surface area contributed by atoms with E-state index in [9.17, 15) is 9.59 Å². The van der Waals surface area contributed by atoms with Crippen LogP contribution in [0.5, 0.6) is 0 Å². The summed E-state index contributed by atoms with van der Waals surface area (Å²) in [6, 6.07) is 26.7. The lowest BCUT2D eigenvalue weighted by Gasteiger charge is -2.23. The second-order valence-electron chi connectivity index (χ2n) is 6.95. The number of imide groups is 1. The number of amides is 3. The van der Waals surface area contributed by atoms with Gasteiger partial charge < -0.3 is 10.6 Å². The zero-order chi connectivity index (χ0) is 20.6. The van der Waals surface area contributed by atoms with Crippen molar-refractivity contribution in [1.82, 2.24) is 10.6 Å². The van der Waals surface area contributed by atoms with E-state index in [1.807, 2.05) is 53.8 Å². The Hall–Kier alpha value is -3.44. The summed E-state index contributed by atoms with van der Waals surface area (Å²) in [5.41, 5.74) is 4.19. The molecule has 0 unspecified atom stereocenters. The number of nitrogens with one attached hydrogen (secondary N) is 2. The summed E-state index contributed by atoms with van der Waals surface area (Å²) >= 11 is 0. The number of urea groups is 1. The van der Waals surface area contributed by atoms with E-state index in [1.54, 1.807) is 0 Å². The molecule has 0 aliphatic rings. The number of nitrogens with two attached hydrogens (primary N) is 1. The van der Waals surface area contributed by atoms with Crippen molar-refractivity contribution in [3.8, 4) is 0 Å².